The van der Waals surface area contributed by atoms with Gasteiger partial charge in [-0.1, -0.05) is 18.9 Å². The third-order valence-corrected chi connectivity index (χ3v) is 3.57. The van der Waals surface area contributed by atoms with Crippen molar-refractivity contribution in [1.82, 2.24) is 0 Å². The highest BCUT2D eigenvalue weighted by Crippen LogP contribution is 2.30. The fraction of sp³-hybridized carbons (Fsp3) is 0.857. The maximum atomic E-state index is 10.7. The first-order valence-corrected chi connectivity index (χ1v) is 6.84. The molecular weight excluding hydrogens is 214 g/mol. The summed E-state index contributed by atoms with van der Waals surface area (Å²) in [6.07, 6.45) is 10.9. The number of methoxy groups -OCH3 is 1. The molecule has 0 aromatic heterocycles. The highest BCUT2D eigenvalue weighted by molar-refractivity contribution is 5.17. The number of nitrogens with two attached hydrogens (primary N) is 1. The molecule has 0 bridgehead atoms. The first-order chi connectivity index (χ1) is 8.23. The zero-order valence-corrected chi connectivity index (χ0v) is 11.1. The monoisotopic (exact) mass is 241 g/mol. The van der Waals surface area contributed by atoms with Crippen molar-refractivity contribution in [3.8, 4) is 0 Å². The van der Waals surface area contributed by atoms with E-state index in [9.17, 15) is 5.11 Å². The molecule has 3 N–H and O–H groups in total. The van der Waals surface area contributed by atoms with Crippen LogP contribution in [-0.4, -0.2) is 31.0 Å². The van der Waals surface area contributed by atoms with Crippen LogP contribution in [0.4, 0.5) is 0 Å². The Morgan fingerprint density at radius 1 is 1.35 bits per heavy atom. The number of hydrogen-bond acceptors (Lipinski definition) is 3. The fourth-order valence-electron chi connectivity index (χ4n) is 2.57. The van der Waals surface area contributed by atoms with Gasteiger partial charge in [0.1, 0.15) is 5.60 Å². The average Bonchev–Trinajstić information content (AvgIpc) is 2.26. The molecule has 0 saturated heterocycles. The zero-order valence-electron chi connectivity index (χ0n) is 11.1. The average molecular weight is 241 g/mol. The van der Waals surface area contributed by atoms with Crippen molar-refractivity contribution in [3.63, 3.8) is 0 Å². The third kappa shape index (κ3) is 4.78. The number of hydrogen-bond donors (Lipinski definition) is 2. The van der Waals surface area contributed by atoms with Crippen molar-refractivity contribution in [2.75, 3.05) is 20.3 Å². The van der Waals surface area contributed by atoms with Gasteiger partial charge in [0.05, 0.1) is 6.61 Å². The van der Waals surface area contributed by atoms with Gasteiger partial charge in [0, 0.05) is 7.11 Å². The van der Waals surface area contributed by atoms with Crippen LogP contribution in [-0.2, 0) is 4.74 Å². The maximum Gasteiger partial charge on any atom is 0.109 e. The Labute approximate surface area is 105 Å². The second kappa shape index (κ2) is 7.85. The molecule has 0 aliphatic heterocycles. The van der Waals surface area contributed by atoms with E-state index in [1.165, 1.54) is 31.3 Å². The second-order valence-electron chi connectivity index (χ2n) is 5.04. The molecule has 1 atom stereocenters. The SMILES string of the molecule is COCC(O)(CCCN)C1=CCCCCCC1. The summed E-state index contributed by atoms with van der Waals surface area (Å²) in [5.74, 6) is 0. The van der Waals surface area contributed by atoms with Crippen molar-refractivity contribution in [3.05, 3.63) is 11.6 Å². The van der Waals surface area contributed by atoms with Gasteiger partial charge in [-0.15, -0.1) is 0 Å². The molecule has 3 nitrogen and oxygen atoms in total. The minimum Gasteiger partial charge on any atom is -0.383 e. The van der Waals surface area contributed by atoms with Crippen LogP contribution in [0.3, 0.4) is 0 Å². The van der Waals surface area contributed by atoms with E-state index in [1.54, 1.807) is 7.11 Å². The Morgan fingerprint density at radius 3 is 2.82 bits per heavy atom. The Hall–Kier alpha value is -0.380. The van der Waals surface area contributed by atoms with Gasteiger partial charge < -0.3 is 15.6 Å². The van der Waals surface area contributed by atoms with Gasteiger partial charge >= 0.3 is 0 Å². The van der Waals surface area contributed by atoms with Crippen LogP contribution >= 0.6 is 0 Å². The van der Waals surface area contributed by atoms with Crippen LogP contribution in [0.15, 0.2) is 11.6 Å². The van der Waals surface area contributed by atoms with Gasteiger partial charge in [0.15, 0.2) is 0 Å². The number of aliphatic hydroxyl groups is 1. The lowest BCUT2D eigenvalue weighted by Crippen LogP contribution is -2.37. The van der Waals surface area contributed by atoms with Crippen LogP contribution in [0.25, 0.3) is 0 Å². The summed E-state index contributed by atoms with van der Waals surface area (Å²) < 4.78 is 5.20. The van der Waals surface area contributed by atoms with Crippen molar-refractivity contribution >= 4 is 0 Å². The first-order valence-electron chi connectivity index (χ1n) is 6.84. The smallest absolute Gasteiger partial charge is 0.109 e. The minimum atomic E-state index is -0.786. The lowest BCUT2D eigenvalue weighted by atomic mass is 9.84. The molecule has 1 rings (SSSR count). The minimum absolute atomic E-state index is 0.388. The van der Waals surface area contributed by atoms with E-state index in [4.69, 9.17) is 10.5 Å². The summed E-state index contributed by atoms with van der Waals surface area (Å²) >= 11 is 0. The molecule has 17 heavy (non-hydrogen) atoms. The lowest BCUT2D eigenvalue weighted by molar-refractivity contribution is -0.0124. The first kappa shape index (κ1) is 14.7. The molecule has 0 radical (unpaired) electrons. The van der Waals surface area contributed by atoms with Crippen LogP contribution in [0.5, 0.6) is 0 Å². The summed E-state index contributed by atoms with van der Waals surface area (Å²) in [6.45, 7) is 1.01. The van der Waals surface area contributed by atoms with E-state index in [-0.39, 0.29) is 0 Å². The second-order valence-corrected chi connectivity index (χ2v) is 5.04. The predicted molar refractivity (Wildman–Crippen MR) is 70.9 cm³/mol. The standard InChI is InChI=1S/C14H27NO2/c1-17-12-14(16,10-7-11-15)13-8-5-3-2-4-6-9-13/h8,16H,2-7,9-12,15H2,1H3. The van der Waals surface area contributed by atoms with E-state index in [2.05, 4.69) is 6.08 Å². The fourth-order valence-corrected chi connectivity index (χ4v) is 2.57. The van der Waals surface area contributed by atoms with Crippen LogP contribution in [0.2, 0.25) is 0 Å². The van der Waals surface area contributed by atoms with Gasteiger partial charge in [-0.05, 0) is 50.6 Å². The molecule has 0 fully saturated rings. The summed E-state index contributed by atoms with van der Waals surface area (Å²) in [5.41, 5.74) is 5.93. The summed E-state index contributed by atoms with van der Waals surface area (Å²) in [5, 5.41) is 10.7. The van der Waals surface area contributed by atoms with Gasteiger partial charge in [-0.25, -0.2) is 0 Å². The van der Waals surface area contributed by atoms with Crippen LogP contribution < -0.4 is 5.73 Å². The molecule has 1 unspecified atom stereocenters. The molecule has 3 heteroatoms. The van der Waals surface area contributed by atoms with Crippen molar-refractivity contribution in [2.45, 2.75) is 57.0 Å². The topological polar surface area (TPSA) is 55.5 Å². The molecule has 0 aromatic carbocycles. The maximum absolute atomic E-state index is 10.7. The van der Waals surface area contributed by atoms with Crippen molar-refractivity contribution in [2.24, 2.45) is 5.73 Å². The van der Waals surface area contributed by atoms with E-state index in [1.807, 2.05) is 0 Å². The number of ether oxygens (including phenoxy) is 1. The van der Waals surface area contributed by atoms with E-state index < -0.39 is 5.60 Å². The highest BCUT2D eigenvalue weighted by atomic mass is 16.5. The molecule has 0 heterocycles. The number of allylic oxidation sites excluding steroid dienone is 1. The summed E-state index contributed by atoms with van der Waals surface area (Å²) in [4.78, 5) is 0. The molecule has 0 amide bonds. The van der Waals surface area contributed by atoms with E-state index in [0.29, 0.717) is 19.6 Å². The molecule has 100 valence electrons. The van der Waals surface area contributed by atoms with Crippen molar-refractivity contribution in [1.29, 1.82) is 0 Å². The van der Waals surface area contributed by atoms with Gasteiger partial charge in [0.2, 0.25) is 0 Å². The normalized spacial score (nSPS) is 21.2. The number of rotatable bonds is 6. The highest BCUT2D eigenvalue weighted by Gasteiger charge is 2.30. The molecule has 1 aliphatic rings. The Morgan fingerprint density at radius 2 is 2.12 bits per heavy atom. The van der Waals surface area contributed by atoms with Crippen LogP contribution in [0.1, 0.15) is 51.4 Å². The Kier molecular flexibility index (Phi) is 6.78. The van der Waals surface area contributed by atoms with Crippen LogP contribution in [0, 0.1) is 0 Å². The van der Waals surface area contributed by atoms with E-state index >= 15 is 0 Å². The summed E-state index contributed by atoms with van der Waals surface area (Å²) in [6, 6.07) is 0. The molecule has 0 saturated carbocycles. The largest absolute Gasteiger partial charge is 0.383 e. The van der Waals surface area contributed by atoms with E-state index in [0.717, 1.165) is 19.3 Å². The molecule has 0 spiro atoms. The van der Waals surface area contributed by atoms with Gasteiger partial charge in [-0.2, -0.15) is 0 Å². The van der Waals surface area contributed by atoms with Gasteiger partial charge in [-0.3, -0.25) is 0 Å². The lowest BCUT2D eigenvalue weighted by Gasteiger charge is -2.31. The van der Waals surface area contributed by atoms with Gasteiger partial charge in [0.25, 0.3) is 0 Å². The molecular formula is C14H27NO2. The summed E-state index contributed by atoms with van der Waals surface area (Å²) in [7, 11) is 1.65. The van der Waals surface area contributed by atoms with Crippen molar-refractivity contribution < 1.29 is 9.84 Å². The Bertz CT molecular complexity index is 240. The molecule has 1 aliphatic carbocycles. The quantitative estimate of drug-likeness (QED) is 0.702. The Balaban J connectivity index is 2.71. The zero-order chi connectivity index (χ0) is 12.6. The predicted octanol–water partition coefficient (Wildman–Crippen LogP) is 2.38. The molecule has 0 aromatic rings. The third-order valence-electron chi connectivity index (χ3n) is 3.57.